The van der Waals surface area contributed by atoms with Crippen LogP contribution in [0.4, 0.5) is 0 Å². The Labute approximate surface area is 105 Å². The molecule has 0 aliphatic carbocycles. The Bertz CT molecular complexity index is 186. The number of aliphatic hydroxyl groups excluding tert-OH is 1. The fraction of sp³-hybridized carbons (Fsp3) is 0.857. The highest BCUT2D eigenvalue weighted by molar-refractivity contribution is 4.80. The molecule has 0 radical (unpaired) electrons. The van der Waals surface area contributed by atoms with E-state index >= 15 is 0 Å². The molecule has 3 heteroatoms. The molecule has 1 saturated heterocycles. The van der Waals surface area contributed by atoms with E-state index in [0.29, 0.717) is 0 Å². The Balaban J connectivity index is 1.80. The first-order valence-corrected chi connectivity index (χ1v) is 6.92. The van der Waals surface area contributed by atoms with E-state index in [0.717, 1.165) is 38.9 Å². The third-order valence-corrected chi connectivity index (χ3v) is 2.92. The van der Waals surface area contributed by atoms with Gasteiger partial charge in [0.25, 0.3) is 0 Å². The molecule has 0 aromatic heterocycles. The maximum Gasteiger partial charge on any atom is 0.157 e. The van der Waals surface area contributed by atoms with Crippen LogP contribution < -0.4 is 0 Å². The molecule has 1 N–H and O–H groups in total. The predicted molar refractivity (Wildman–Crippen MR) is 68.9 cm³/mol. The maximum atomic E-state index is 8.58. The smallest absolute Gasteiger partial charge is 0.157 e. The van der Waals surface area contributed by atoms with Crippen LogP contribution in [0, 0.1) is 0 Å². The first-order valence-electron chi connectivity index (χ1n) is 6.92. The fourth-order valence-corrected chi connectivity index (χ4v) is 1.91. The molecule has 0 amide bonds. The van der Waals surface area contributed by atoms with Crippen LogP contribution in [0.5, 0.6) is 0 Å². The molecular weight excluding hydrogens is 216 g/mol. The van der Waals surface area contributed by atoms with Gasteiger partial charge in [-0.3, -0.25) is 0 Å². The lowest BCUT2D eigenvalue weighted by atomic mass is 10.2. The molecule has 0 aromatic rings. The summed E-state index contributed by atoms with van der Waals surface area (Å²) in [5.74, 6) is 0. The summed E-state index contributed by atoms with van der Waals surface area (Å²) in [5, 5.41) is 8.58. The Hall–Kier alpha value is -0.380. The van der Waals surface area contributed by atoms with Crippen LogP contribution in [0.1, 0.15) is 51.4 Å². The lowest BCUT2D eigenvalue weighted by Crippen LogP contribution is -2.22. The second kappa shape index (κ2) is 10.8. The van der Waals surface area contributed by atoms with E-state index in [4.69, 9.17) is 14.6 Å². The van der Waals surface area contributed by atoms with E-state index < -0.39 is 0 Å². The number of hydrogen-bond donors (Lipinski definition) is 1. The Kier molecular flexibility index (Phi) is 9.29. The van der Waals surface area contributed by atoms with Gasteiger partial charge in [0.05, 0.1) is 0 Å². The van der Waals surface area contributed by atoms with Crippen LogP contribution in [0.25, 0.3) is 0 Å². The van der Waals surface area contributed by atoms with Crippen molar-refractivity contribution in [2.45, 2.75) is 57.7 Å². The highest BCUT2D eigenvalue weighted by Gasteiger charge is 2.12. The molecule has 1 rings (SSSR count). The van der Waals surface area contributed by atoms with Crippen molar-refractivity contribution in [1.29, 1.82) is 0 Å². The summed E-state index contributed by atoms with van der Waals surface area (Å²) >= 11 is 0. The molecule has 0 saturated carbocycles. The van der Waals surface area contributed by atoms with E-state index in [-0.39, 0.29) is 12.9 Å². The minimum absolute atomic E-state index is 0.0631. The minimum Gasteiger partial charge on any atom is -0.396 e. The number of hydrogen-bond acceptors (Lipinski definition) is 3. The van der Waals surface area contributed by atoms with Crippen molar-refractivity contribution in [1.82, 2.24) is 0 Å². The van der Waals surface area contributed by atoms with Crippen LogP contribution in [0.15, 0.2) is 12.2 Å². The molecular formula is C14H26O3. The average Bonchev–Trinajstić information content (AvgIpc) is 2.38. The van der Waals surface area contributed by atoms with Gasteiger partial charge in [-0.05, 0) is 44.9 Å². The van der Waals surface area contributed by atoms with Gasteiger partial charge < -0.3 is 14.6 Å². The van der Waals surface area contributed by atoms with E-state index in [1.807, 2.05) is 6.08 Å². The standard InChI is InChI=1S/C14H26O3/c15-11-7-4-2-1-3-5-8-12-16-14-10-6-9-13-17-14/h2,4,14-15H,1,3,5-13H2/b4-2-. The molecule has 1 unspecified atom stereocenters. The highest BCUT2D eigenvalue weighted by Crippen LogP contribution is 2.14. The highest BCUT2D eigenvalue weighted by atomic mass is 16.7. The van der Waals surface area contributed by atoms with Crippen LogP contribution in [0.3, 0.4) is 0 Å². The van der Waals surface area contributed by atoms with Crippen molar-refractivity contribution in [3.05, 3.63) is 12.2 Å². The molecule has 100 valence electrons. The second-order valence-corrected chi connectivity index (χ2v) is 4.50. The van der Waals surface area contributed by atoms with E-state index in [1.54, 1.807) is 0 Å². The topological polar surface area (TPSA) is 38.7 Å². The van der Waals surface area contributed by atoms with Gasteiger partial charge in [0.2, 0.25) is 0 Å². The van der Waals surface area contributed by atoms with Gasteiger partial charge in [-0.25, -0.2) is 0 Å². The summed E-state index contributed by atoms with van der Waals surface area (Å²) in [6.07, 6.45) is 13.2. The molecule has 1 aliphatic heterocycles. The van der Waals surface area contributed by atoms with Gasteiger partial charge >= 0.3 is 0 Å². The van der Waals surface area contributed by atoms with Crippen molar-refractivity contribution in [2.75, 3.05) is 19.8 Å². The monoisotopic (exact) mass is 242 g/mol. The fourth-order valence-electron chi connectivity index (χ4n) is 1.91. The first kappa shape index (κ1) is 14.7. The molecule has 1 heterocycles. The van der Waals surface area contributed by atoms with Crippen LogP contribution in [-0.2, 0) is 9.47 Å². The van der Waals surface area contributed by atoms with Crippen LogP contribution in [-0.4, -0.2) is 31.2 Å². The summed E-state index contributed by atoms with van der Waals surface area (Å²) in [4.78, 5) is 0. The summed E-state index contributed by atoms with van der Waals surface area (Å²) in [5.41, 5.74) is 0. The second-order valence-electron chi connectivity index (χ2n) is 4.50. The van der Waals surface area contributed by atoms with E-state index in [9.17, 15) is 0 Å². The van der Waals surface area contributed by atoms with Crippen molar-refractivity contribution in [3.63, 3.8) is 0 Å². The summed E-state index contributed by atoms with van der Waals surface area (Å²) in [6.45, 7) is 1.94. The SMILES string of the molecule is OCC/C=C\CCCCCOC1CCCCO1. The van der Waals surface area contributed by atoms with Gasteiger partial charge in [-0.1, -0.05) is 18.6 Å². The Morgan fingerprint density at radius 3 is 2.76 bits per heavy atom. The molecule has 17 heavy (non-hydrogen) atoms. The first-order chi connectivity index (χ1) is 8.43. The lowest BCUT2D eigenvalue weighted by Gasteiger charge is -2.22. The van der Waals surface area contributed by atoms with Crippen molar-refractivity contribution in [3.8, 4) is 0 Å². The zero-order valence-electron chi connectivity index (χ0n) is 10.8. The molecule has 1 fully saturated rings. The van der Waals surface area contributed by atoms with Gasteiger partial charge in [0.1, 0.15) is 0 Å². The molecule has 0 aromatic carbocycles. The largest absolute Gasteiger partial charge is 0.396 e. The zero-order valence-corrected chi connectivity index (χ0v) is 10.8. The normalized spacial score (nSPS) is 21.1. The quantitative estimate of drug-likeness (QED) is 0.499. The van der Waals surface area contributed by atoms with Gasteiger partial charge in [0.15, 0.2) is 6.29 Å². The van der Waals surface area contributed by atoms with Gasteiger partial charge in [0, 0.05) is 19.8 Å². The number of unbranched alkanes of at least 4 members (excludes halogenated alkanes) is 3. The number of ether oxygens (including phenoxy) is 2. The summed E-state index contributed by atoms with van der Waals surface area (Å²) in [6, 6.07) is 0. The average molecular weight is 242 g/mol. The summed E-state index contributed by atoms with van der Waals surface area (Å²) < 4.78 is 11.1. The Morgan fingerprint density at radius 1 is 1.12 bits per heavy atom. The molecule has 0 bridgehead atoms. The number of allylic oxidation sites excluding steroid dienone is 1. The maximum absolute atomic E-state index is 8.58. The van der Waals surface area contributed by atoms with E-state index in [2.05, 4.69) is 6.08 Å². The lowest BCUT2D eigenvalue weighted by molar-refractivity contribution is -0.162. The van der Waals surface area contributed by atoms with Crippen LogP contribution in [0.2, 0.25) is 0 Å². The molecule has 1 atom stereocenters. The van der Waals surface area contributed by atoms with Crippen molar-refractivity contribution in [2.24, 2.45) is 0 Å². The van der Waals surface area contributed by atoms with Gasteiger partial charge in [-0.15, -0.1) is 0 Å². The Morgan fingerprint density at radius 2 is 2.00 bits per heavy atom. The third kappa shape index (κ3) is 8.36. The third-order valence-electron chi connectivity index (χ3n) is 2.92. The molecule has 0 spiro atoms. The number of rotatable bonds is 9. The predicted octanol–water partition coefficient (Wildman–Crippen LogP) is 3.03. The number of aliphatic hydroxyl groups is 1. The molecule has 3 nitrogen and oxygen atoms in total. The minimum atomic E-state index is 0.0631. The van der Waals surface area contributed by atoms with Crippen molar-refractivity contribution >= 4 is 0 Å². The summed E-state index contributed by atoms with van der Waals surface area (Å²) in [7, 11) is 0. The zero-order chi connectivity index (χ0) is 12.2. The molecule has 1 aliphatic rings. The van der Waals surface area contributed by atoms with E-state index in [1.165, 1.54) is 25.7 Å². The van der Waals surface area contributed by atoms with Crippen LogP contribution >= 0.6 is 0 Å². The van der Waals surface area contributed by atoms with Gasteiger partial charge in [-0.2, -0.15) is 0 Å². The van der Waals surface area contributed by atoms with Crippen molar-refractivity contribution < 1.29 is 14.6 Å².